The summed E-state index contributed by atoms with van der Waals surface area (Å²) in [5.74, 6) is -1.98. The largest absolute Gasteiger partial charge is 0.506 e. The van der Waals surface area contributed by atoms with E-state index in [0.717, 1.165) is 16.8 Å². The number of aliphatic hydroxyl groups is 1. The van der Waals surface area contributed by atoms with Gasteiger partial charge in [-0.25, -0.2) is 10.2 Å². The molecular weight excluding hydrogens is 750 g/mol. The number of carbonyl (C=O) groups excluding carboxylic acids is 2. The quantitative estimate of drug-likeness (QED) is 0.0449. The van der Waals surface area contributed by atoms with Crippen molar-refractivity contribution in [2.24, 2.45) is 0 Å². The van der Waals surface area contributed by atoms with Gasteiger partial charge in [0, 0.05) is 41.7 Å². The lowest BCUT2D eigenvalue weighted by molar-refractivity contribution is -0.148. The highest BCUT2D eigenvalue weighted by Crippen LogP contribution is 2.32. The minimum atomic E-state index is -1.12. The molecule has 5 rings (SSSR count). The van der Waals surface area contributed by atoms with Crippen molar-refractivity contribution in [1.29, 1.82) is 0 Å². The molecule has 1 heterocycles. The van der Waals surface area contributed by atoms with Gasteiger partial charge in [0.2, 0.25) is 11.5 Å². The van der Waals surface area contributed by atoms with Crippen molar-refractivity contribution in [3.8, 4) is 22.6 Å². The van der Waals surface area contributed by atoms with Crippen molar-refractivity contribution in [2.75, 3.05) is 31.0 Å². The van der Waals surface area contributed by atoms with Crippen molar-refractivity contribution in [1.82, 2.24) is 15.7 Å². The number of pyridine rings is 1. The van der Waals surface area contributed by atoms with E-state index in [1.54, 1.807) is 12.1 Å². The van der Waals surface area contributed by atoms with Gasteiger partial charge in [0.25, 0.3) is 0 Å². The molecule has 5 aromatic rings. The first-order chi connectivity index (χ1) is 26.9. The number of amides is 2. The number of fused-ring (bicyclic) bond motifs is 1. The van der Waals surface area contributed by atoms with Gasteiger partial charge in [-0.05, 0) is 35.4 Å². The molecule has 0 aliphatic carbocycles. The molecule has 0 bridgehead atoms. The molecule has 56 heavy (non-hydrogen) atoms. The molecule has 0 spiro atoms. The number of hydrogen-bond acceptors (Lipinski definition) is 11. The molecule has 0 fully saturated rings. The first-order valence-corrected chi connectivity index (χ1v) is 17.4. The molecular formula is C39H40ClN5O11. The summed E-state index contributed by atoms with van der Waals surface area (Å²) in [5, 5.41) is 44.4. The number of hydrogen-bond donors (Lipinski definition) is 9. The molecule has 1 unspecified atom stereocenters. The van der Waals surface area contributed by atoms with E-state index in [2.05, 4.69) is 26.5 Å². The Bertz CT molecular complexity index is 2220. The number of ether oxygens (including phenoxy) is 2. The highest BCUT2D eigenvalue weighted by atomic mass is 35.5. The molecule has 0 saturated carbocycles. The van der Waals surface area contributed by atoms with Gasteiger partial charge in [0.05, 0.1) is 54.4 Å². The van der Waals surface area contributed by atoms with Crippen molar-refractivity contribution in [3.05, 3.63) is 117 Å². The number of esters is 1. The Labute approximate surface area is 325 Å². The number of halogens is 1. The molecule has 4 aromatic carbocycles. The third kappa shape index (κ3) is 12.5. The molecule has 0 aliphatic rings. The molecule has 1 aromatic heterocycles. The van der Waals surface area contributed by atoms with Gasteiger partial charge in [-0.15, -0.1) is 0 Å². The average molecular weight is 790 g/mol. The van der Waals surface area contributed by atoms with Crippen molar-refractivity contribution >= 4 is 57.8 Å². The van der Waals surface area contributed by atoms with Crippen LogP contribution in [0.15, 0.2) is 95.8 Å². The van der Waals surface area contributed by atoms with Gasteiger partial charge in [0.1, 0.15) is 18.1 Å². The zero-order valence-corrected chi connectivity index (χ0v) is 30.8. The van der Waals surface area contributed by atoms with Gasteiger partial charge in [-0.1, -0.05) is 66.2 Å². The molecule has 2 amide bonds. The summed E-state index contributed by atoms with van der Waals surface area (Å²) in [7, 11) is 1.45. The highest BCUT2D eigenvalue weighted by Gasteiger charge is 2.16. The second-order valence-electron chi connectivity index (χ2n) is 12.0. The van der Waals surface area contributed by atoms with Gasteiger partial charge < -0.3 is 45.5 Å². The molecule has 16 nitrogen and oxygen atoms in total. The molecule has 0 aliphatic heterocycles. The monoisotopic (exact) mass is 789 g/mol. The smallest absolute Gasteiger partial charge is 0.423 e. The Morgan fingerprint density at radius 3 is 2.32 bits per heavy atom. The van der Waals surface area contributed by atoms with Gasteiger partial charge in [-0.3, -0.25) is 24.6 Å². The van der Waals surface area contributed by atoms with Crippen LogP contribution < -0.4 is 31.8 Å². The average Bonchev–Trinajstić information content (AvgIpc) is 3.18. The van der Waals surface area contributed by atoms with E-state index in [9.17, 15) is 34.2 Å². The maximum Gasteiger partial charge on any atom is 0.423 e. The SMILES string of the molecule is COc1cc(NC(=O)CCOC(=O)CCC(=O)O)c(Cl)cc1CNCC(O)c1ccc(O)c2[nH]c(=O)ccc12.O=C(O)NNc1ccccc1-c1ccccc1. The van der Waals surface area contributed by atoms with E-state index in [-0.39, 0.29) is 66.5 Å². The van der Waals surface area contributed by atoms with Crippen molar-refractivity contribution < 1.29 is 49.1 Å². The number of benzene rings is 4. The van der Waals surface area contributed by atoms with E-state index < -0.39 is 30.0 Å². The number of anilines is 2. The number of carboxylic acid groups (broad SMARTS) is 2. The van der Waals surface area contributed by atoms with Crippen LogP contribution in [0.2, 0.25) is 5.02 Å². The minimum absolute atomic E-state index is 0.102. The number of aliphatic hydroxyl groups excluding tert-OH is 1. The lowest BCUT2D eigenvalue weighted by atomic mass is 10.0. The number of carboxylic acids is 1. The van der Waals surface area contributed by atoms with E-state index in [1.807, 2.05) is 54.6 Å². The van der Waals surface area contributed by atoms with Crippen LogP contribution >= 0.6 is 11.6 Å². The van der Waals surface area contributed by atoms with Crippen molar-refractivity contribution in [3.63, 3.8) is 0 Å². The van der Waals surface area contributed by atoms with E-state index in [0.29, 0.717) is 22.3 Å². The Hall–Kier alpha value is -6.62. The Morgan fingerprint density at radius 1 is 0.875 bits per heavy atom. The first-order valence-electron chi connectivity index (χ1n) is 17.0. The standard InChI is InChI=1S/C26H28ClN3O9.C13H12N2O2/c1-38-21-11-18(29-23(34)8-9-39-25(37)7-6-24(35)36)17(27)10-14(21)12-28-13-20(32)15-2-4-19(31)26-16(15)3-5-22(33)30-26;16-13(17)15-14-12-9-5-4-8-11(12)10-6-2-1-3-7-10/h2-5,10-11,20,28,31-32H,6-9,12-13H2,1H3,(H,29,34)(H,30,33)(H,35,36);1-9,14-15H,(H,16,17). The summed E-state index contributed by atoms with van der Waals surface area (Å²) in [6.45, 7) is 0.173. The number of carbonyl (C=O) groups is 4. The predicted octanol–water partition coefficient (Wildman–Crippen LogP) is 5.40. The fourth-order valence-electron chi connectivity index (χ4n) is 5.36. The van der Waals surface area contributed by atoms with Crippen LogP contribution in [0.25, 0.3) is 22.0 Å². The number of aliphatic carboxylic acids is 1. The number of para-hydroxylation sites is 1. The third-order valence-electron chi connectivity index (χ3n) is 8.01. The van der Waals surface area contributed by atoms with Gasteiger partial charge in [-0.2, -0.15) is 0 Å². The maximum absolute atomic E-state index is 12.2. The number of phenolic OH excluding ortho intramolecular Hbond substituents is 1. The fraction of sp³-hybridized carbons (Fsp3) is 0.205. The van der Waals surface area contributed by atoms with Crippen LogP contribution in [-0.2, 0) is 25.7 Å². The summed E-state index contributed by atoms with van der Waals surface area (Å²) in [4.78, 5) is 58.8. The zero-order chi connectivity index (χ0) is 40.6. The molecule has 294 valence electrons. The number of nitrogens with one attached hydrogen (secondary N) is 5. The van der Waals surface area contributed by atoms with E-state index >= 15 is 0 Å². The summed E-state index contributed by atoms with van der Waals surface area (Å²) < 4.78 is 10.3. The van der Waals surface area contributed by atoms with E-state index in [1.165, 1.54) is 31.4 Å². The van der Waals surface area contributed by atoms with Crippen LogP contribution in [0.5, 0.6) is 11.5 Å². The number of aromatic amines is 1. The first kappa shape index (κ1) is 42.1. The lowest BCUT2D eigenvalue weighted by Crippen LogP contribution is -2.27. The minimum Gasteiger partial charge on any atom is -0.506 e. The second-order valence-corrected chi connectivity index (χ2v) is 12.4. The number of H-pyrrole nitrogens is 1. The van der Waals surface area contributed by atoms with Gasteiger partial charge in [0.15, 0.2) is 0 Å². The van der Waals surface area contributed by atoms with Crippen molar-refractivity contribution in [2.45, 2.75) is 31.9 Å². The summed E-state index contributed by atoms with van der Waals surface area (Å²) >= 11 is 6.35. The molecule has 0 radical (unpaired) electrons. The number of hydrazine groups is 1. The van der Waals surface area contributed by atoms with E-state index in [4.69, 9.17) is 31.3 Å². The Balaban J connectivity index is 0.000000339. The van der Waals surface area contributed by atoms with Crippen LogP contribution in [0, 0.1) is 0 Å². The Morgan fingerprint density at radius 2 is 1.61 bits per heavy atom. The number of aromatic hydroxyl groups is 1. The molecule has 17 heteroatoms. The second kappa shape index (κ2) is 20.7. The Kier molecular flexibility index (Phi) is 15.6. The number of rotatable bonds is 16. The highest BCUT2D eigenvalue weighted by molar-refractivity contribution is 6.33. The topological polar surface area (TPSA) is 249 Å². The fourth-order valence-corrected chi connectivity index (χ4v) is 5.59. The zero-order valence-electron chi connectivity index (χ0n) is 30.0. The lowest BCUT2D eigenvalue weighted by Gasteiger charge is -2.17. The molecule has 9 N–H and O–H groups in total. The number of methoxy groups -OCH3 is 1. The molecule has 0 saturated heterocycles. The third-order valence-corrected chi connectivity index (χ3v) is 8.33. The number of phenols is 1. The predicted molar refractivity (Wildman–Crippen MR) is 209 cm³/mol. The van der Waals surface area contributed by atoms with Crippen LogP contribution in [-0.4, -0.2) is 69.6 Å². The summed E-state index contributed by atoms with van der Waals surface area (Å²) in [6, 6.07) is 26.2. The summed E-state index contributed by atoms with van der Waals surface area (Å²) in [5.41, 5.74) is 8.82. The normalized spacial score (nSPS) is 11.1. The van der Waals surface area contributed by atoms with Crippen LogP contribution in [0.4, 0.5) is 16.2 Å². The van der Waals surface area contributed by atoms with Crippen LogP contribution in [0.1, 0.15) is 36.5 Å². The molecule has 1 atom stereocenters. The van der Waals surface area contributed by atoms with Gasteiger partial charge >= 0.3 is 18.0 Å². The van der Waals surface area contributed by atoms with Crippen LogP contribution in [0.3, 0.4) is 0 Å². The summed E-state index contributed by atoms with van der Waals surface area (Å²) in [6.07, 6.45) is -2.86. The number of aromatic nitrogens is 1. The maximum atomic E-state index is 12.2.